The minimum absolute atomic E-state index is 0.0401. The fraction of sp³-hybridized carbons (Fsp3) is 1.00. The minimum atomic E-state index is -3.83. The second kappa shape index (κ2) is 7.39. The summed E-state index contributed by atoms with van der Waals surface area (Å²) in [6.07, 6.45) is 4.70. The highest BCUT2D eigenvalue weighted by atomic mass is 31.2. The molecule has 0 radical (unpaired) electrons. The summed E-state index contributed by atoms with van der Waals surface area (Å²) in [6.45, 7) is 4.75. The van der Waals surface area contributed by atoms with E-state index in [4.69, 9.17) is 9.79 Å². The molecule has 1 unspecified atom stereocenters. The second-order valence-corrected chi connectivity index (χ2v) is 5.99. The van der Waals surface area contributed by atoms with Gasteiger partial charge in [0.2, 0.25) is 0 Å². The Kier molecular flexibility index (Phi) is 7.45. The monoisotopic (exact) mass is 237 g/mol. The van der Waals surface area contributed by atoms with Gasteiger partial charge in [-0.2, -0.15) is 0 Å². The molecule has 4 nitrogen and oxygen atoms in total. The Labute approximate surface area is 92.8 Å². The van der Waals surface area contributed by atoms with E-state index in [-0.39, 0.29) is 6.16 Å². The third-order valence-corrected chi connectivity index (χ3v) is 3.50. The van der Waals surface area contributed by atoms with E-state index in [0.29, 0.717) is 12.6 Å². The lowest BCUT2D eigenvalue weighted by Gasteiger charge is -2.24. The Bertz CT molecular complexity index is 205. The fourth-order valence-corrected chi connectivity index (χ4v) is 1.99. The molecule has 0 aromatic heterocycles. The van der Waals surface area contributed by atoms with Gasteiger partial charge in [-0.25, -0.2) is 0 Å². The lowest BCUT2D eigenvalue weighted by atomic mass is 10.1. The Morgan fingerprint density at radius 1 is 1.33 bits per heavy atom. The number of nitrogens with zero attached hydrogens (tertiary/aromatic N) is 1. The number of unbranched alkanes of at least 4 members (excludes halogenated alkanes) is 2. The zero-order valence-electron chi connectivity index (χ0n) is 10.0. The van der Waals surface area contributed by atoms with Crippen LogP contribution in [0.15, 0.2) is 0 Å². The molecule has 0 aliphatic rings. The van der Waals surface area contributed by atoms with E-state index in [0.717, 1.165) is 6.42 Å². The maximum atomic E-state index is 10.7. The van der Waals surface area contributed by atoms with Crippen LogP contribution in [0.4, 0.5) is 0 Å². The molecule has 0 fully saturated rings. The summed E-state index contributed by atoms with van der Waals surface area (Å²) in [5.74, 6) is 0. The van der Waals surface area contributed by atoms with Crippen LogP contribution in [0.2, 0.25) is 0 Å². The SMILES string of the molecule is CCCCCC(C)N(C)CCP(=O)(O)O. The van der Waals surface area contributed by atoms with Crippen molar-refractivity contribution in [3.63, 3.8) is 0 Å². The molecular weight excluding hydrogens is 213 g/mol. The topological polar surface area (TPSA) is 60.8 Å². The molecule has 0 aromatic carbocycles. The van der Waals surface area contributed by atoms with Crippen LogP contribution in [-0.2, 0) is 4.57 Å². The first-order valence-electron chi connectivity index (χ1n) is 5.61. The highest BCUT2D eigenvalue weighted by molar-refractivity contribution is 7.51. The van der Waals surface area contributed by atoms with Gasteiger partial charge in [0, 0.05) is 12.6 Å². The molecule has 0 aliphatic heterocycles. The lowest BCUT2D eigenvalue weighted by molar-refractivity contribution is 0.248. The summed E-state index contributed by atoms with van der Waals surface area (Å²) < 4.78 is 10.7. The minimum Gasteiger partial charge on any atom is -0.324 e. The quantitative estimate of drug-likeness (QED) is 0.501. The van der Waals surface area contributed by atoms with Crippen LogP contribution in [0.1, 0.15) is 39.5 Å². The van der Waals surface area contributed by atoms with Crippen LogP contribution in [0.5, 0.6) is 0 Å². The summed E-state index contributed by atoms with van der Waals surface area (Å²) in [5, 5.41) is 0. The summed E-state index contributed by atoms with van der Waals surface area (Å²) in [4.78, 5) is 19.5. The van der Waals surface area contributed by atoms with Gasteiger partial charge in [-0.15, -0.1) is 0 Å². The first-order chi connectivity index (χ1) is 6.87. The van der Waals surface area contributed by atoms with E-state index < -0.39 is 7.60 Å². The summed E-state index contributed by atoms with van der Waals surface area (Å²) in [5.41, 5.74) is 0. The highest BCUT2D eigenvalue weighted by Gasteiger charge is 2.16. The fourth-order valence-electron chi connectivity index (χ4n) is 1.42. The predicted molar refractivity (Wildman–Crippen MR) is 63.1 cm³/mol. The van der Waals surface area contributed by atoms with E-state index in [9.17, 15) is 4.57 Å². The van der Waals surface area contributed by atoms with Gasteiger partial charge >= 0.3 is 7.60 Å². The molecule has 0 saturated heterocycles. The number of hydrogen-bond acceptors (Lipinski definition) is 2. The molecule has 0 bridgehead atoms. The van der Waals surface area contributed by atoms with Crippen molar-refractivity contribution < 1.29 is 14.4 Å². The average molecular weight is 237 g/mol. The molecule has 0 spiro atoms. The van der Waals surface area contributed by atoms with E-state index in [1.165, 1.54) is 19.3 Å². The van der Waals surface area contributed by atoms with Gasteiger partial charge in [0.15, 0.2) is 0 Å². The Morgan fingerprint density at radius 2 is 1.93 bits per heavy atom. The van der Waals surface area contributed by atoms with Gasteiger partial charge < -0.3 is 14.7 Å². The van der Waals surface area contributed by atoms with Gasteiger partial charge in [0.05, 0.1) is 6.16 Å². The summed E-state index contributed by atoms with van der Waals surface area (Å²) in [6, 6.07) is 0.406. The van der Waals surface area contributed by atoms with E-state index in [1.807, 2.05) is 11.9 Å². The van der Waals surface area contributed by atoms with Crippen LogP contribution in [-0.4, -0.2) is 40.5 Å². The van der Waals surface area contributed by atoms with Crippen LogP contribution in [0.25, 0.3) is 0 Å². The van der Waals surface area contributed by atoms with Crippen molar-refractivity contribution in [2.75, 3.05) is 19.8 Å². The third-order valence-electron chi connectivity index (χ3n) is 2.72. The maximum Gasteiger partial charge on any atom is 0.326 e. The predicted octanol–water partition coefficient (Wildman–Crippen LogP) is 2.06. The zero-order chi connectivity index (χ0) is 11.9. The first kappa shape index (κ1) is 15.1. The molecule has 0 saturated carbocycles. The van der Waals surface area contributed by atoms with Gasteiger partial charge in [-0.05, 0) is 20.4 Å². The van der Waals surface area contributed by atoms with Crippen molar-refractivity contribution in [2.24, 2.45) is 0 Å². The Balaban J connectivity index is 3.69. The van der Waals surface area contributed by atoms with E-state index in [2.05, 4.69) is 13.8 Å². The lowest BCUT2D eigenvalue weighted by Crippen LogP contribution is -2.31. The van der Waals surface area contributed by atoms with E-state index in [1.54, 1.807) is 0 Å². The Morgan fingerprint density at radius 3 is 2.40 bits per heavy atom. The van der Waals surface area contributed by atoms with Crippen molar-refractivity contribution in [2.45, 2.75) is 45.6 Å². The smallest absolute Gasteiger partial charge is 0.324 e. The summed E-state index contributed by atoms with van der Waals surface area (Å²) >= 11 is 0. The van der Waals surface area contributed by atoms with Crippen molar-refractivity contribution >= 4 is 7.60 Å². The standard InChI is InChI=1S/C10H24NO3P/c1-4-5-6-7-10(2)11(3)8-9-15(12,13)14/h10H,4-9H2,1-3H3,(H2,12,13,14). The molecule has 15 heavy (non-hydrogen) atoms. The second-order valence-electron chi connectivity index (χ2n) is 4.21. The van der Waals surface area contributed by atoms with Crippen molar-refractivity contribution in [3.05, 3.63) is 0 Å². The third kappa shape index (κ3) is 9.06. The van der Waals surface area contributed by atoms with Crippen LogP contribution in [0.3, 0.4) is 0 Å². The number of hydrogen-bond donors (Lipinski definition) is 2. The van der Waals surface area contributed by atoms with Crippen molar-refractivity contribution in [1.82, 2.24) is 4.90 Å². The Hall–Kier alpha value is 0.110. The normalized spacial score (nSPS) is 14.5. The molecular formula is C10H24NO3P. The van der Waals surface area contributed by atoms with Crippen LogP contribution < -0.4 is 0 Å². The highest BCUT2D eigenvalue weighted by Crippen LogP contribution is 2.33. The molecule has 0 heterocycles. The average Bonchev–Trinajstić information content (AvgIpc) is 2.13. The van der Waals surface area contributed by atoms with Crippen LogP contribution >= 0.6 is 7.60 Å². The molecule has 2 N–H and O–H groups in total. The first-order valence-corrected chi connectivity index (χ1v) is 7.41. The maximum absolute atomic E-state index is 10.7. The molecule has 0 amide bonds. The zero-order valence-corrected chi connectivity index (χ0v) is 10.9. The van der Waals surface area contributed by atoms with Crippen molar-refractivity contribution in [1.29, 1.82) is 0 Å². The molecule has 5 heteroatoms. The molecule has 92 valence electrons. The molecule has 1 atom stereocenters. The van der Waals surface area contributed by atoms with Crippen LogP contribution in [0, 0.1) is 0 Å². The van der Waals surface area contributed by atoms with Gasteiger partial charge in [-0.3, -0.25) is 4.57 Å². The largest absolute Gasteiger partial charge is 0.326 e. The van der Waals surface area contributed by atoms with Gasteiger partial charge in [-0.1, -0.05) is 26.2 Å². The summed E-state index contributed by atoms with van der Waals surface area (Å²) in [7, 11) is -1.91. The van der Waals surface area contributed by atoms with E-state index >= 15 is 0 Å². The number of rotatable bonds is 8. The molecule has 0 aromatic rings. The molecule has 0 aliphatic carbocycles. The van der Waals surface area contributed by atoms with Crippen molar-refractivity contribution in [3.8, 4) is 0 Å². The van der Waals surface area contributed by atoms with Gasteiger partial charge in [0.25, 0.3) is 0 Å². The molecule has 0 rings (SSSR count). The van der Waals surface area contributed by atoms with Gasteiger partial charge in [0.1, 0.15) is 0 Å².